The maximum atomic E-state index is 3.97. The minimum Gasteiger partial charge on any atom is -0.311 e. The minimum atomic E-state index is 0.591. The SMILES string of the molecule is CCC1CCCCC1NC1CCC(C)(C)C1. The van der Waals surface area contributed by atoms with Crippen LogP contribution in [0.5, 0.6) is 0 Å². The van der Waals surface area contributed by atoms with Crippen molar-refractivity contribution in [2.45, 2.75) is 84.2 Å². The molecule has 0 aromatic heterocycles. The van der Waals surface area contributed by atoms with Crippen LogP contribution in [0.2, 0.25) is 0 Å². The standard InChI is InChI=1S/C15H29N/c1-4-12-7-5-6-8-14(12)16-13-9-10-15(2,3)11-13/h12-14,16H,4-11H2,1-3H3. The molecule has 1 heteroatoms. The predicted molar refractivity (Wildman–Crippen MR) is 70.6 cm³/mol. The Morgan fingerprint density at radius 3 is 2.50 bits per heavy atom. The molecule has 0 aromatic rings. The molecule has 2 aliphatic carbocycles. The van der Waals surface area contributed by atoms with Crippen molar-refractivity contribution in [2.75, 3.05) is 0 Å². The molecule has 0 saturated heterocycles. The minimum absolute atomic E-state index is 0.591. The lowest BCUT2D eigenvalue weighted by Crippen LogP contribution is -2.43. The van der Waals surface area contributed by atoms with Gasteiger partial charge < -0.3 is 5.32 Å². The Hall–Kier alpha value is -0.0400. The van der Waals surface area contributed by atoms with E-state index in [1.807, 2.05) is 0 Å². The molecule has 0 aromatic carbocycles. The number of hydrogen-bond acceptors (Lipinski definition) is 1. The fourth-order valence-corrected chi connectivity index (χ4v) is 3.80. The fraction of sp³-hybridized carbons (Fsp3) is 1.00. The van der Waals surface area contributed by atoms with Crippen LogP contribution in [0.15, 0.2) is 0 Å². The van der Waals surface area contributed by atoms with Crippen molar-refractivity contribution in [1.29, 1.82) is 0 Å². The van der Waals surface area contributed by atoms with Gasteiger partial charge in [-0.25, -0.2) is 0 Å². The van der Waals surface area contributed by atoms with Gasteiger partial charge in [0.1, 0.15) is 0 Å². The van der Waals surface area contributed by atoms with Crippen LogP contribution >= 0.6 is 0 Å². The van der Waals surface area contributed by atoms with Gasteiger partial charge >= 0.3 is 0 Å². The Balaban J connectivity index is 1.84. The van der Waals surface area contributed by atoms with Crippen molar-refractivity contribution in [3.63, 3.8) is 0 Å². The highest BCUT2D eigenvalue weighted by atomic mass is 15.0. The molecule has 2 fully saturated rings. The molecule has 3 unspecified atom stereocenters. The number of rotatable bonds is 3. The molecule has 2 rings (SSSR count). The third-order valence-electron chi connectivity index (χ3n) is 4.85. The lowest BCUT2D eigenvalue weighted by atomic mass is 9.82. The summed E-state index contributed by atoms with van der Waals surface area (Å²) in [7, 11) is 0. The molecule has 2 saturated carbocycles. The number of hydrogen-bond donors (Lipinski definition) is 1. The second-order valence-electron chi connectivity index (χ2n) is 6.83. The average Bonchev–Trinajstić information content (AvgIpc) is 2.59. The molecule has 3 atom stereocenters. The molecule has 94 valence electrons. The first-order valence-corrected chi connectivity index (χ1v) is 7.37. The van der Waals surface area contributed by atoms with Gasteiger partial charge in [-0.1, -0.05) is 40.0 Å². The summed E-state index contributed by atoms with van der Waals surface area (Å²) in [5.74, 6) is 0.956. The highest BCUT2D eigenvalue weighted by Gasteiger charge is 2.33. The van der Waals surface area contributed by atoms with Gasteiger partial charge in [0.15, 0.2) is 0 Å². The molecule has 0 radical (unpaired) electrons. The lowest BCUT2D eigenvalue weighted by molar-refractivity contribution is 0.231. The molecular formula is C15H29N. The summed E-state index contributed by atoms with van der Waals surface area (Å²) >= 11 is 0. The van der Waals surface area contributed by atoms with E-state index in [0.29, 0.717) is 5.41 Å². The molecule has 1 nitrogen and oxygen atoms in total. The van der Waals surface area contributed by atoms with E-state index in [9.17, 15) is 0 Å². The van der Waals surface area contributed by atoms with E-state index in [4.69, 9.17) is 0 Å². The van der Waals surface area contributed by atoms with Crippen molar-refractivity contribution in [1.82, 2.24) is 5.32 Å². The van der Waals surface area contributed by atoms with E-state index < -0.39 is 0 Å². The first kappa shape index (κ1) is 12.4. The fourth-order valence-electron chi connectivity index (χ4n) is 3.80. The van der Waals surface area contributed by atoms with Gasteiger partial charge in [-0.3, -0.25) is 0 Å². The monoisotopic (exact) mass is 223 g/mol. The molecule has 16 heavy (non-hydrogen) atoms. The molecule has 0 spiro atoms. The van der Waals surface area contributed by atoms with Gasteiger partial charge in [0.2, 0.25) is 0 Å². The van der Waals surface area contributed by atoms with Crippen LogP contribution in [0.4, 0.5) is 0 Å². The highest BCUT2D eigenvalue weighted by Crippen LogP contribution is 2.38. The summed E-state index contributed by atoms with van der Waals surface area (Å²) in [4.78, 5) is 0. The van der Waals surface area contributed by atoms with E-state index in [0.717, 1.165) is 18.0 Å². The Morgan fingerprint density at radius 2 is 1.88 bits per heavy atom. The van der Waals surface area contributed by atoms with E-state index in [1.54, 1.807) is 0 Å². The normalized spacial score (nSPS) is 38.8. The van der Waals surface area contributed by atoms with Crippen LogP contribution in [0.1, 0.15) is 72.1 Å². The smallest absolute Gasteiger partial charge is 0.00978 e. The Morgan fingerprint density at radius 1 is 1.12 bits per heavy atom. The quantitative estimate of drug-likeness (QED) is 0.759. The molecule has 2 aliphatic rings. The molecule has 0 aliphatic heterocycles. The Bertz CT molecular complexity index is 221. The maximum Gasteiger partial charge on any atom is 0.00978 e. The summed E-state index contributed by atoms with van der Waals surface area (Å²) < 4.78 is 0. The van der Waals surface area contributed by atoms with Gasteiger partial charge in [0, 0.05) is 12.1 Å². The first-order valence-electron chi connectivity index (χ1n) is 7.37. The van der Waals surface area contributed by atoms with Crippen LogP contribution in [0.3, 0.4) is 0 Å². The third kappa shape index (κ3) is 3.00. The molecule has 0 bridgehead atoms. The van der Waals surface area contributed by atoms with Crippen molar-refractivity contribution in [3.05, 3.63) is 0 Å². The van der Waals surface area contributed by atoms with Crippen LogP contribution in [0, 0.1) is 11.3 Å². The van der Waals surface area contributed by atoms with Gasteiger partial charge in [-0.15, -0.1) is 0 Å². The van der Waals surface area contributed by atoms with Crippen molar-refractivity contribution in [2.24, 2.45) is 11.3 Å². The van der Waals surface area contributed by atoms with Crippen LogP contribution in [-0.4, -0.2) is 12.1 Å². The summed E-state index contributed by atoms with van der Waals surface area (Å²) in [6.45, 7) is 7.21. The molecule has 1 N–H and O–H groups in total. The summed E-state index contributed by atoms with van der Waals surface area (Å²) in [6.07, 6.45) is 11.4. The lowest BCUT2D eigenvalue weighted by Gasteiger charge is -2.34. The van der Waals surface area contributed by atoms with Gasteiger partial charge in [0.05, 0.1) is 0 Å². The zero-order chi connectivity index (χ0) is 11.6. The molecular weight excluding hydrogens is 194 g/mol. The van der Waals surface area contributed by atoms with Gasteiger partial charge in [-0.2, -0.15) is 0 Å². The van der Waals surface area contributed by atoms with E-state index in [-0.39, 0.29) is 0 Å². The van der Waals surface area contributed by atoms with Gasteiger partial charge in [-0.05, 0) is 43.4 Å². The van der Waals surface area contributed by atoms with Crippen LogP contribution in [0.25, 0.3) is 0 Å². The van der Waals surface area contributed by atoms with Crippen molar-refractivity contribution in [3.8, 4) is 0 Å². The second kappa shape index (κ2) is 5.08. The Labute approximate surface area is 101 Å². The van der Waals surface area contributed by atoms with E-state index in [1.165, 1.54) is 51.4 Å². The average molecular weight is 223 g/mol. The largest absolute Gasteiger partial charge is 0.311 e. The first-order chi connectivity index (χ1) is 7.61. The zero-order valence-corrected chi connectivity index (χ0v) is 11.4. The zero-order valence-electron chi connectivity index (χ0n) is 11.4. The molecule has 0 amide bonds. The van der Waals surface area contributed by atoms with Crippen molar-refractivity contribution < 1.29 is 0 Å². The van der Waals surface area contributed by atoms with Gasteiger partial charge in [0.25, 0.3) is 0 Å². The third-order valence-corrected chi connectivity index (χ3v) is 4.85. The molecule has 0 heterocycles. The number of nitrogens with one attached hydrogen (secondary N) is 1. The predicted octanol–water partition coefficient (Wildman–Crippen LogP) is 4.12. The van der Waals surface area contributed by atoms with Crippen LogP contribution < -0.4 is 5.32 Å². The van der Waals surface area contributed by atoms with E-state index >= 15 is 0 Å². The van der Waals surface area contributed by atoms with E-state index in [2.05, 4.69) is 26.1 Å². The Kier molecular flexibility index (Phi) is 3.94. The highest BCUT2D eigenvalue weighted by molar-refractivity contribution is 4.90. The topological polar surface area (TPSA) is 12.0 Å². The van der Waals surface area contributed by atoms with Crippen molar-refractivity contribution >= 4 is 0 Å². The summed E-state index contributed by atoms with van der Waals surface area (Å²) in [5, 5.41) is 3.97. The summed E-state index contributed by atoms with van der Waals surface area (Å²) in [6, 6.07) is 1.64. The summed E-state index contributed by atoms with van der Waals surface area (Å²) in [5.41, 5.74) is 0.591. The second-order valence-corrected chi connectivity index (χ2v) is 6.83. The maximum absolute atomic E-state index is 3.97. The van der Waals surface area contributed by atoms with Crippen LogP contribution in [-0.2, 0) is 0 Å².